The lowest BCUT2D eigenvalue weighted by atomic mass is 10.1. The number of benzene rings is 1. The molecule has 0 bridgehead atoms. The number of hydrogen-bond donors (Lipinski definition) is 0. The van der Waals surface area contributed by atoms with Crippen molar-refractivity contribution in [1.82, 2.24) is 9.91 Å². The van der Waals surface area contributed by atoms with Gasteiger partial charge in [-0.3, -0.25) is 9.59 Å². The summed E-state index contributed by atoms with van der Waals surface area (Å²) in [5, 5.41) is 5.56. The van der Waals surface area contributed by atoms with E-state index in [4.69, 9.17) is 4.42 Å². The Bertz CT molecular complexity index is 864. The van der Waals surface area contributed by atoms with Gasteiger partial charge in [-0.15, -0.1) is 0 Å². The molecule has 1 aliphatic heterocycles. The van der Waals surface area contributed by atoms with Gasteiger partial charge in [0.05, 0.1) is 25.1 Å². The third-order valence-corrected chi connectivity index (χ3v) is 4.40. The molecular formula is C20H20F3N3O3. The summed E-state index contributed by atoms with van der Waals surface area (Å²) in [4.78, 5) is 25.3. The second-order valence-corrected chi connectivity index (χ2v) is 6.62. The van der Waals surface area contributed by atoms with Crippen LogP contribution < -0.4 is 0 Å². The first-order valence-corrected chi connectivity index (χ1v) is 9.12. The van der Waals surface area contributed by atoms with E-state index in [1.165, 1.54) is 23.4 Å². The van der Waals surface area contributed by atoms with E-state index in [-0.39, 0.29) is 25.1 Å². The number of hydrazone groups is 1. The topological polar surface area (TPSA) is 66.1 Å². The van der Waals surface area contributed by atoms with E-state index in [1.807, 2.05) is 30.3 Å². The highest BCUT2D eigenvalue weighted by atomic mass is 19.4. The third kappa shape index (κ3) is 5.94. The Labute approximate surface area is 165 Å². The molecule has 0 atom stereocenters. The average Bonchev–Trinajstić information content (AvgIpc) is 3.37. The number of furan rings is 1. The van der Waals surface area contributed by atoms with E-state index < -0.39 is 24.5 Å². The fourth-order valence-electron chi connectivity index (χ4n) is 3.01. The van der Waals surface area contributed by atoms with Gasteiger partial charge in [0.25, 0.3) is 0 Å². The van der Waals surface area contributed by atoms with Crippen LogP contribution in [0, 0.1) is 0 Å². The molecule has 3 rings (SSSR count). The van der Waals surface area contributed by atoms with Gasteiger partial charge in [-0.05, 0) is 17.7 Å². The van der Waals surface area contributed by atoms with E-state index >= 15 is 0 Å². The fourth-order valence-corrected chi connectivity index (χ4v) is 3.01. The quantitative estimate of drug-likeness (QED) is 0.705. The summed E-state index contributed by atoms with van der Waals surface area (Å²) in [5.41, 5.74) is 1.68. The van der Waals surface area contributed by atoms with Crippen LogP contribution in [0.25, 0.3) is 0 Å². The molecule has 0 N–H and O–H groups in total. The molecule has 0 spiro atoms. The molecule has 0 saturated carbocycles. The molecule has 9 heteroatoms. The van der Waals surface area contributed by atoms with Crippen LogP contribution in [0.2, 0.25) is 0 Å². The minimum atomic E-state index is -4.55. The molecule has 1 aliphatic rings. The van der Waals surface area contributed by atoms with E-state index in [0.717, 1.165) is 11.3 Å². The molecule has 0 fully saturated rings. The van der Waals surface area contributed by atoms with Gasteiger partial charge < -0.3 is 9.32 Å². The summed E-state index contributed by atoms with van der Waals surface area (Å²) in [5.74, 6) is -0.918. The fraction of sp³-hybridized carbons (Fsp3) is 0.350. The molecule has 0 aliphatic carbocycles. The van der Waals surface area contributed by atoms with Crippen LogP contribution in [0.5, 0.6) is 0 Å². The predicted octanol–water partition coefficient (Wildman–Crippen LogP) is 3.59. The van der Waals surface area contributed by atoms with Crippen molar-refractivity contribution < 1.29 is 27.2 Å². The number of alkyl halides is 3. The molecular weight excluding hydrogens is 387 g/mol. The van der Waals surface area contributed by atoms with Crippen molar-refractivity contribution in [3.05, 3.63) is 60.1 Å². The maximum Gasteiger partial charge on any atom is 0.406 e. The molecule has 154 valence electrons. The summed E-state index contributed by atoms with van der Waals surface area (Å²) < 4.78 is 43.5. The average molecular weight is 407 g/mol. The number of rotatable bonds is 7. The summed E-state index contributed by atoms with van der Waals surface area (Å²) in [6.45, 7) is -1.32. The molecule has 29 heavy (non-hydrogen) atoms. The highest BCUT2D eigenvalue weighted by Crippen LogP contribution is 2.20. The van der Waals surface area contributed by atoms with E-state index in [2.05, 4.69) is 5.10 Å². The van der Waals surface area contributed by atoms with Crippen molar-refractivity contribution in [3.63, 3.8) is 0 Å². The minimum Gasteiger partial charge on any atom is -0.467 e. The van der Waals surface area contributed by atoms with E-state index in [1.54, 1.807) is 0 Å². The van der Waals surface area contributed by atoms with Crippen LogP contribution in [-0.2, 0) is 16.1 Å². The van der Waals surface area contributed by atoms with Gasteiger partial charge in [0.15, 0.2) is 0 Å². The zero-order valence-electron chi connectivity index (χ0n) is 15.6. The Kier molecular flexibility index (Phi) is 6.36. The van der Waals surface area contributed by atoms with Crippen LogP contribution in [-0.4, -0.2) is 46.7 Å². The molecule has 1 aromatic heterocycles. The van der Waals surface area contributed by atoms with Gasteiger partial charge >= 0.3 is 6.18 Å². The maximum atomic E-state index is 12.8. The Balaban J connectivity index is 1.57. The van der Waals surface area contributed by atoms with E-state index in [9.17, 15) is 22.8 Å². The number of carbonyl (C=O) groups is 2. The minimum absolute atomic E-state index is 0.211. The molecule has 6 nitrogen and oxygen atoms in total. The van der Waals surface area contributed by atoms with Gasteiger partial charge in [-0.2, -0.15) is 18.3 Å². The van der Waals surface area contributed by atoms with Crippen molar-refractivity contribution in [2.45, 2.75) is 32.0 Å². The highest BCUT2D eigenvalue weighted by molar-refractivity contribution is 6.02. The predicted molar refractivity (Wildman–Crippen MR) is 98.7 cm³/mol. The molecule has 0 radical (unpaired) electrons. The smallest absolute Gasteiger partial charge is 0.406 e. The maximum absolute atomic E-state index is 12.8. The molecule has 2 amide bonds. The first-order chi connectivity index (χ1) is 13.8. The van der Waals surface area contributed by atoms with Gasteiger partial charge in [0.1, 0.15) is 12.3 Å². The third-order valence-electron chi connectivity index (χ3n) is 4.40. The SMILES string of the molecule is O=C(CCC(=O)N1CCC(c2ccccc2)=N1)N(Cc1ccco1)CC(F)(F)F. The molecule has 0 saturated heterocycles. The highest BCUT2D eigenvalue weighted by Gasteiger charge is 2.33. The summed E-state index contributed by atoms with van der Waals surface area (Å²) in [6.07, 6.45) is -3.18. The second-order valence-electron chi connectivity index (χ2n) is 6.62. The van der Waals surface area contributed by atoms with Crippen molar-refractivity contribution in [2.24, 2.45) is 5.10 Å². The lowest BCUT2D eigenvalue weighted by molar-refractivity contribution is -0.163. The lowest BCUT2D eigenvalue weighted by Gasteiger charge is -2.23. The summed E-state index contributed by atoms with van der Waals surface area (Å²) in [7, 11) is 0. The van der Waals surface area contributed by atoms with Crippen LogP contribution in [0.4, 0.5) is 13.2 Å². The zero-order valence-corrected chi connectivity index (χ0v) is 15.6. The van der Waals surface area contributed by atoms with Crippen molar-refractivity contribution >= 4 is 17.5 Å². The number of nitrogens with zero attached hydrogens (tertiary/aromatic N) is 3. The van der Waals surface area contributed by atoms with Crippen LogP contribution in [0.3, 0.4) is 0 Å². The van der Waals surface area contributed by atoms with Gasteiger partial charge in [0, 0.05) is 19.3 Å². The monoisotopic (exact) mass is 407 g/mol. The first kappa shape index (κ1) is 20.6. The van der Waals surface area contributed by atoms with Crippen molar-refractivity contribution in [3.8, 4) is 0 Å². The second kappa shape index (κ2) is 8.93. The summed E-state index contributed by atoms with van der Waals surface area (Å²) >= 11 is 0. The number of carbonyl (C=O) groups excluding carboxylic acids is 2. The van der Waals surface area contributed by atoms with Crippen LogP contribution in [0.1, 0.15) is 30.6 Å². The Hall–Kier alpha value is -3.10. The first-order valence-electron chi connectivity index (χ1n) is 9.12. The lowest BCUT2D eigenvalue weighted by Crippen LogP contribution is -2.39. The summed E-state index contributed by atoms with van der Waals surface area (Å²) in [6, 6.07) is 12.4. The zero-order chi connectivity index (χ0) is 20.9. The van der Waals surface area contributed by atoms with Gasteiger partial charge in [-0.25, -0.2) is 5.01 Å². The molecule has 1 aromatic carbocycles. The molecule has 2 heterocycles. The van der Waals surface area contributed by atoms with Gasteiger partial charge in [0.2, 0.25) is 11.8 Å². The number of halogens is 3. The standard InChI is InChI=1S/C20H20F3N3O3/c21-20(22,23)14-25(13-16-7-4-12-29-16)18(27)8-9-19(28)26-11-10-17(24-26)15-5-2-1-3-6-15/h1-7,12H,8-11,13-14H2. The van der Waals surface area contributed by atoms with E-state index in [0.29, 0.717) is 17.9 Å². The van der Waals surface area contributed by atoms with Crippen LogP contribution >= 0.6 is 0 Å². The largest absolute Gasteiger partial charge is 0.467 e. The molecule has 0 unspecified atom stereocenters. The Morgan fingerprint density at radius 3 is 2.52 bits per heavy atom. The van der Waals surface area contributed by atoms with Crippen molar-refractivity contribution in [1.29, 1.82) is 0 Å². The Morgan fingerprint density at radius 1 is 1.10 bits per heavy atom. The van der Waals surface area contributed by atoms with Gasteiger partial charge in [-0.1, -0.05) is 30.3 Å². The molecule has 2 aromatic rings. The Morgan fingerprint density at radius 2 is 1.86 bits per heavy atom. The normalized spacial score (nSPS) is 14.0. The van der Waals surface area contributed by atoms with Crippen LogP contribution in [0.15, 0.2) is 58.2 Å². The number of hydrogen-bond acceptors (Lipinski definition) is 4. The number of amides is 2. The van der Waals surface area contributed by atoms with Crippen molar-refractivity contribution in [2.75, 3.05) is 13.1 Å².